The van der Waals surface area contributed by atoms with E-state index in [1.165, 1.54) is 17.0 Å². The van der Waals surface area contributed by atoms with E-state index in [1.54, 1.807) is 31.3 Å². The molecule has 0 aliphatic carbocycles. The second-order valence-electron chi connectivity index (χ2n) is 6.69. The quantitative estimate of drug-likeness (QED) is 0.490. The summed E-state index contributed by atoms with van der Waals surface area (Å²) in [5.41, 5.74) is 2.11. The van der Waals surface area contributed by atoms with E-state index < -0.39 is 12.1 Å². The van der Waals surface area contributed by atoms with Gasteiger partial charge in [-0.25, -0.2) is 0 Å². The summed E-state index contributed by atoms with van der Waals surface area (Å²) in [4.78, 5) is 12.4. The summed E-state index contributed by atoms with van der Waals surface area (Å²) >= 11 is 12.6. The monoisotopic (exact) mass is 426 g/mol. The molecule has 2 aromatic carbocycles. The van der Waals surface area contributed by atoms with Crippen molar-refractivity contribution in [3.63, 3.8) is 0 Å². The maximum Gasteiger partial charge on any atom is 0.323 e. The number of nitrogens with zero attached hydrogens (tertiary/aromatic N) is 1. The molecule has 0 saturated heterocycles. The van der Waals surface area contributed by atoms with Gasteiger partial charge in [-0.1, -0.05) is 35.3 Å². The van der Waals surface area contributed by atoms with Crippen molar-refractivity contribution in [1.82, 2.24) is 5.32 Å². The van der Waals surface area contributed by atoms with Gasteiger partial charge in [-0.3, -0.25) is 4.79 Å². The lowest BCUT2D eigenvalue weighted by atomic mass is 10.0. The van der Waals surface area contributed by atoms with Crippen molar-refractivity contribution in [2.75, 3.05) is 25.0 Å². The minimum absolute atomic E-state index is 0.155. The fraction of sp³-hybridized carbons (Fsp3) is 0.350. The Balaban J connectivity index is 1.95. The first-order valence-electron chi connectivity index (χ1n) is 8.80. The predicted molar refractivity (Wildman–Crippen MR) is 112 cm³/mol. The van der Waals surface area contributed by atoms with Crippen molar-refractivity contribution < 1.29 is 20.1 Å². The number of phenolic OH excluding ortho intramolecular Hbond substituents is 1. The molecule has 0 unspecified atom stereocenters. The summed E-state index contributed by atoms with van der Waals surface area (Å²) in [6, 6.07) is 9.79. The molecular formula is C20H24Cl2N2O4. The zero-order valence-corrected chi connectivity index (χ0v) is 17.2. The number of hydrogen-bond acceptors (Lipinski definition) is 5. The normalized spacial score (nSPS) is 13.2. The molecule has 6 nitrogen and oxygen atoms in total. The Labute approximate surface area is 174 Å². The predicted octanol–water partition coefficient (Wildman–Crippen LogP) is 3.47. The molecule has 0 amide bonds. The molecule has 2 rings (SSSR count). The van der Waals surface area contributed by atoms with Crippen LogP contribution in [0.5, 0.6) is 5.75 Å². The van der Waals surface area contributed by atoms with E-state index in [9.17, 15) is 15.0 Å². The molecule has 0 bridgehead atoms. The van der Waals surface area contributed by atoms with Gasteiger partial charge < -0.3 is 25.5 Å². The van der Waals surface area contributed by atoms with E-state index in [1.807, 2.05) is 6.92 Å². The number of benzene rings is 2. The van der Waals surface area contributed by atoms with Gasteiger partial charge in [-0.2, -0.15) is 0 Å². The SMILES string of the molecule is C[C@H](NCCc1cc(Cl)c(N(C)CC(=O)O)c(Cl)c1)[C@H](O)c1ccc(O)cc1. The van der Waals surface area contributed by atoms with Crippen LogP contribution in [0.3, 0.4) is 0 Å². The summed E-state index contributed by atoms with van der Waals surface area (Å²) in [7, 11) is 1.62. The summed E-state index contributed by atoms with van der Waals surface area (Å²) in [5.74, 6) is -0.813. The van der Waals surface area contributed by atoms with E-state index in [4.69, 9.17) is 28.3 Å². The van der Waals surface area contributed by atoms with Gasteiger partial charge in [0.25, 0.3) is 0 Å². The van der Waals surface area contributed by atoms with Crippen LogP contribution in [0.1, 0.15) is 24.2 Å². The maximum atomic E-state index is 10.9. The molecule has 0 heterocycles. The van der Waals surface area contributed by atoms with Crippen LogP contribution in [0, 0.1) is 0 Å². The molecule has 0 aromatic heterocycles. The number of aromatic hydroxyl groups is 1. The van der Waals surface area contributed by atoms with Gasteiger partial charge in [0.05, 0.1) is 21.8 Å². The van der Waals surface area contributed by atoms with Crippen molar-refractivity contribution >= 4 is 34.9 Å². The van der Waals surface area contributed by atoms with E-state index >= 15 is 0 Å². The molecule has 4 N–H and O–H groups in total. The first-order chi connectivity index (χ1) is 13.2. The molecule has 0 radical (unpaired) electrons. The highest BCUT2D eigenvalue weighted by Gasteiger charge is 2.17. The fourth-order valence-corrected chi connectivity index (χ4v) is 3.75. The standard InChI is InChI=1S/C20H24Cl2N2O4/c1-12(20(28)14-3-5-15(25)6-4-14)23-8-7-13-9-16(21)19(17(22)10-13)24(2)11-18(26)27/h3-6,9-10,12,20,23,25,28H,7-8,11H2,1-2H3,(H,26,27)/t12-,20-/m0/s1. The molecule has 0 aliphatic heterocycles. The van der Waals surface area contributed by atoms with Gasteiger partial charge in [0.1, 0.15) is 12.3 Å². The van der Waals surface area contributed by atoms with Crippen molar-refractivity contribution in [1.29, 1.82) is 0 Å². The molecule has 28 heavy (non-hydrogen) atoms. The first kappa shape index (κ1) is 22.3. The highest BCUT2D eigenvalue weighted by molar-refractivity contribution is 6.39. The molecule has 0 saturated carbocycles. The lowest BCUT2D eigenvalue weighted by molar-refractivity contribution is -0.135. The van der Waals surface area contributed by atoms with Crippen LogP contribution in [0.15, 0.2) is 36.4 Å². The van der Waals surface area contributed by atoms with E-state index in [-0.39, 0.29) is 18.3 Å². The number of aliphatic hydroxyl groups is 1. The summed E-state index contributed by atoms with van der Waals surface area (Å²) < 4.78 is 0. The number of nitrogens with one attached hydrogen (secondary N) is 1. The highest BCUT2D eigenvalue weighted by Crippen LogP contribution is 2.34. The van der Waals surface area contributed by atoms with Crippen LogP contribution in [0.25, 0.3) is 0 Å². The lowest BCUT2D eigenvalue weighted by Gasteiger charge is -2.22. The van der Waals surface area contributed by atoms with Crippen molar-refractivity contribution in [2.45, 2.75) is 25.5 Å². The number of aliphatic hydroxyl groups excluding tert-OH is 1. The van der Waals surface area contributed by atoms with Crippen molar-refractivity contribution in [2.24, 2.45) is 0 Å². The Bertz CT molecular complexity index is 791. The third-order valence-corrected chi connectivity index (χ3v) is 5.00. The number of halogens is 2. The first-order valence-corrected chi connectivity index (χ1v) is 9.56. The van der Waals surface area contributed by atoms with Crippen molar-refractivity contribution in [3.05, 3.63) is 57.6 Å². The average molecular weight is 427 g/mol. The number of aliphatic carboxylic acids is 1. The molecule has 8 heteroatoms. The van der Waals surface area contributed by atoms with Crippen LogP contribution in [-0.4, -0.2) is 47.5 Å². The Morgan fingerprint density at radius 1 is 1.18 bits per heavy atom. The Hall–Kier alpha value is -1.99. The van der Waals surface area contributed by atoms with Gasteiger partial charge in [0.2, 0.25) is 0 Å². The molecule has 152 valence electrons. The number of carbonyl (C=O) groups is 1. The zero-order valence-electron chi connectivity index (χ0n) is 15.7. The molecule has 0 fully saturated rings. The minimum Gasteiger partial charge on any atom is -0.508 e. The largest absolute Gasteiger partial charge is 0.508 e. The number of carboxylic acid groups (broad SMARTS) is 1. The van der Waals surface area contributed by atoms with Gasteiger partial charge in [0.15, 0.2) is 0 Å². The van der Waals surface area contributed by atoms with Crippen LogP contribution in [0.2, 0.25) is 10.0 Å². The van der Waals surface area contributed by atoms with Crippen LogP contribution in [-0.2, 0) is 11.2 Å². The molecule has 2 atom stereocenters. The smallest absolute Gasteiger partial charge is 0.323 e. The van der Waals surface area contributed by atoms with Gasteiger partial charge in [0, 0.05) is 13.1 Å². The summed E-state index contributed by atoms with van der Waals surface area (Å²) in [6.45, 7) is 2.27. The number of likely N-dealkylation sites (N-methyl/N-ethyl adjacent to an activating group) is 1. The third kappa shape index (κ3) is 6.01. The number of carboxylic acids is 1. The highest BCUT2D eigenvalue weighted by atomic mass is 35.5. The summed E-state index contributed by atoms with van der Waals surface area (Å²) in [5, 5.41) is 32.7. The zero-order chi connectivity index (χ0) is 20.8. The Morgan fingerprint density at radius 3 is 2.29 bits per heavy atom. The molecular weight excluding hydrogens is 403 g/mol. The number of hydrogen-bond donors (Lipinski definition) is 4. The Kier molecular flexibility index (Phi) is 7.95. The maximum absolute atomic E-state index is 10.9. The van der Waals surface area contributed by atoms with Gasteiger partial charge in [-0.15, -0.1) is 0 Å². The van der Waals surface area contributed by atoms with Crippen molar-refractivity contribution in [3.8, 4) is 5.75 Å². The topological polar surface area (TPSA) is 93.0 Å². The third-order valence-electron chi connectivity index (χ3n) is 4.42. The number of rotatable bonds is 9. The minimum atomic E-state index is -0.968. The van der Waals surface area contributed by atoms with Crippen LogP contribution < -0.4 is 10.2 Å². The van der Waals surface area contributed by atoms with Crippen LogP contribution >= 0.6 is 23.2 Å². The fourth-order valence-electron chi connectivity index (χ4n) is 2.92. The second-order valence-corrected chi connectivity index (χ2v) is 7.50. The lowest BCUT2D eigenvalue weighted by Crippen LogP contribution is -2.33. The van der Waals surface area contributed by atoms with E-state index in [0.717, 1.165) is 11.1 Å². The number of phenols is 1. The van der Waals surface area contributed by atoms with E-state index in [0.29, 0.717) is 28.7 Å². The van der Waals surface area contributed by atoms with Crippen LogP contribution in [0.4, 0.5) is 5.69 Å². The molecule has 2 aromatic rings. The summed E-state index contributed by atoms with van der Waals surface area (Å²) in [6.07, 6.45) is -0.0746. The number of anilines is 1. The van der Waals surface area contributed by atoms with Gasteiger partial charge in [-0.05, 0) is 55.3 Å². The Morgan fingerprint density at radius 2 is 1.75 bits per heavy atom. The molecule has 0 spiro atoms. The van der Waals surface area contributed by atoms with Gasteiger partial charge >= 0.3 is 5.97 Å². The van der Waals surface area contributed by atoms with E-state index in [2.05, 4.69) is 5.32 Å². The average Bonchev–Trinajstić information content (AvgIpc) is 2.60. The second kappa shape index (κ2) is 9.98. The molecule has 0 aliphatic rings.